The molecule has 0 saturated carbocycles. The summed E-state index contributed by atoms with van der Waals surface area (Å²) in [6, 6.07) is 67.8. The molecule has 0 amide bonds. The highest BCUT2D eigenvalue weighted by Gasteiger charge is 2.54. The average Bonchev–Trinajstić information content (AvgIpc) is 3.23. The first-order valence-electron chi connectivity index (χ1n) is 18.4. The van der Waals surface area contributed by atoms with Crippen molar-refractivity contribution in [3.8, 4) is 0 Å². The molecule has 0 bridgehead atoms. The summed E-state index contributed by atoms with van der Waals surface area (Å²) in [5.74, 6) is 0. The molecule has 0 aliphatic carbocycles. The van der Waals surface area contributed by atoms with E-state index in [0.717, 1.165) is 17.1 Å². The van der Waals surface area contributed by atoms with Gasteiger partial charge in [-0.1, -0.05) is 178 Å². The Morgan fingerprint density at radius 2 is 0.887 bits per heavy atom. The fourth-order valence-corrected chi connectivity index (χ4v) is 10.8. The zero-order valence-corrected chi connectivity index (χ0v) is 29.7. The van der Waals surface area contributed by atoms with Crippen LogP contribution in [0.25, 0.3) is 0 Å². The number of hydrogen-bond donors (Lipinski definition) is 0. The van der Waals surface area contributed by atoms with Gasteiger partial charge in [0.15, 0.2) is 0 Å². The smallest absolute Gasteiger partial charge is 0.245 e. The molecule has 5 heteroatoms. The van der Waals surface area contributed by atoms with Crippen molar-refractivity contribution in [3.63, 3.8) is 0 Å². The van der Waals surface area contributed by atoms with Gasteiger partial charge in [-0.25, -0.2) is 0 Å². The van der Waals surface area contributed by atoms with Gasteiger partial charge in [0.2, 0.25) is 13.4 Å². The third kappa shape index (κ3) is 4.41. The Kier molecular flexibility index (Phi) is 6.93. The molecule has 0 radical (unpaired) electrons. The van der Waals surface area contributed by atoms with Gasteiger partial charge in [-0.3, -0.25) is 4.98 Å². The Morgan fingerprint density at radius 1 is 0.396 bits per heavy atom. The van der Waals surface area contributed by atoms with E-state index in [0.29, 0.717) is 0 Å². The number of pyridine rings is 1. The van der Waals surface area contributed by atoms with Gasteiger partial charge in [0.25, 0.3) is 0 Å². The van der Waals surface area contributed by atoms with E-state index in [2.05, 4.69) is 192 Å². The molecule has 246 valence electrons. The van der Waals surface area contributed by atoms with Crippen molar-refractivity contribution < 1.29 is 0 Å². The van der Waals surface area contributed by atoms with Crippen molar-refractivity contribution in [3.05, 3.63) is 217 Å². The minimum atomic E-state index is -0.458. The molecule has 2 nitrogen and oxygen atoms in total. The molecule has 3 aliphatic rings. The highest BCUT2D eigenvalue weighted by Crippen LogP contribution is 2.48. The molecular weight excluding hydrogens is 658 g/mol. The molecule has 0 saturated heterocycles. The second-order valence-corrected chi connectivity index (χ2v) is 15.3. The molecule has 0 N–H and O–H groups in total. The molecular formula is C48H32B2N2S. The topological polar surface area (TPSA) is 16.1 Å². The number of rotatable bonds is 4. The molecule has 3 aliphatic heterocycles. The maximum atomic E-state index is 4.30. The first-order chi connectivity index (χ1) is 26.3. The summed E-state index contributed by atoms with van der Waals surface area (Å²) < 4.78 is 0. The highest BCUT2D eigenvalue weighted by molar-refractivity contribution is 8.00. The average molecular weight is 690 g/mol. The molecule has 0 fully saturated rings. The van der Waals surface area contributed by atoms with Crippen molar-refractivity contribution in [1.82, 2.24) is 4.98 Å². The van der Waals surface area contributed by atoms with Gasteiger partial charge < -0.3 is 4.90 Å². The van der Waals surface area contributed by atoms with Crippen LogP contribution in [-0.4, -0.2) is 18.4 Å². The number of fused-ring (bicyclic) bond motifs is 10. The predicted octanol–water partition coefficient (Wildman–Crippen LogP) is 7.06. The largest absolute Gasteiger partial charge is 0.310 e. The van der Waals surface area contributed by atoms with Crippen LogP contribution < -0.4 is 37.7 Å². The van der Waals surface area contributed by atoms with Crippen LogP contribution in [0.4, 0.5) is 17.1 Å². The predicted molar refractivity (Wildman–Crippen MR) is 224 cm³/mol. The van der Waals surface area contributed by atoms with Crippen LogP contribution >= 0.6 is 11.8 Å². The summed E-state index contributed by atoms with van der Waals surface area (Å²) in [5.41, 5.74) is 16.7. The van der Waals surface area contributed by atoms with Gasteiger partial charge in [-0.15, -0.1) is 0 Å². The minimum Gasteiger partial charge on any atom is -0.310 e. The van der Waals surface area contributed by atoms with E-state index in [1.165, 1.54) is 64.8 Å². The van der Waals surface area contributed by atoms with E-state index in [9.17, 15) is 0 Å². The second-order valence-electron chi connectivity index (χ2n) is 14.2. The Bertz CT molecular complexity index is 2590. The highest BCUT2D eigenvalue weighted by atomic mass is 32.2. The first-order valence-corrected chi connectivity index (χ1v) is 19.2. The van der Waals surface area contributed by atoms with Crippen molar-refractivity contribution in [2.45, 2.75) is 15.2 Å². The summed E-state index contributed by atoms with van der Waals surface area (Å²) in [6.07, 6.45) is 3.72. The maximum absolute atomic E-state index is 4.30. The van der Waals surface area contributed by atoms with Crippen molar-refractivity contribution in [2.75, 3.05) is 4.90 Å². The van der Waals surface area contributed by atoms with E-state index in [-0.39, 0.29) is 13.4 Å². The van der Waals surface area contributed by atoms with Crippen molar-refractivity contribution in [2.24, 2.45) is 0 Å². The standard InChI is InChI=1S/C48H32B2N2S/c1-2-13-34(14-3-1)52(36-29-31-51-32-30-36)35-27-25-33(26-28-35)49-41-19-7-4-15-37(41)48(38-16-5-8-20-42(38)49)39-17-6-9-21-43(39)50-44-22-10-11-23-45(44)53-46-24-12-18-40(48)47(46)50/h1-32H. The van der Waals surface area contributed by atoms with E-state index >= 15 is 0 Å². The molecule has 53 heavy (non-hydrogen) atoms. The molecule has 0 unspecified atom stereocenters. The monoisotopic (exact) mass is 690 g/mol. The first kappa shape index (κ1) is 30.6. The number of aromatic nitrogens is 1. The lowest BCUT2D eigenvalue weighted by atomic mass is 9.26. The summed E-state index contributed by atoms with van der Waals surface area (Å²) in [4.78, 5) is 9.32. The summed E-state index contributed by atoms with van der Waals surface area (Å²) >= 11 is 1.92. The number of nitrogens with zero attached hydrogens (tertiary/aromatic N) is 2. The molecule has 4 heterocycles. The van der Waals surface area contributed by atoms with Gasteiger partial charge in [-0.2, -0.15) is 0 Å². The van der Waals surface area contributed by atoms with Gasteiger partial charge in [-0.05, 0) is 70.8 Å². The SMILES string of the molecule is c1ccc(N(c2ccncc2)c2ccc(B3c4ccccc4C4(c5ccccc53)c3ccccc3B3c5ccccc5Sc5cccc4c53)cc2)cc1. The molecule has 11 rings (SSSR count). The van der Waals surface area contributed by atoms with E-state index in [1.54, 1.807) is 0 Å². The fraction of sp³-hybridized carbons (Fsp3) is 0.0208. The third-order valence-electron chi connectivity index (χ3n) is 11.7. The zero-order valence-electron chi connectivity index (χ0n) is 28.9. The maximum Gasteiger partial charge on any atom is 0.245 e. The Balaban J connectivity index is 1.13. The summed E-state index contributed by atoms with van der Waals surface area (Å²) in [6.45, 7) is 0.269. The summed E-state index contributed by atoms with van der Waals surface area (Å²) in [7, 11) is 0. The Hall–Kier alpha value is -6.03. The summed E-state index contributed by atoms with van der Waals surface area (Å²) in [5, 5.41) is 0. The van der Waals surface area contributed by atoms with Gasteiger partial charge >= 0.3 is 0 Å². The lowest BCUT2D eigenvalue weighted by Crippen LogP contribution is -2.68. The quantitative estimate of drug-likeness (QED) is 0.184. The fourth-order valence-electron chi connectivity index (χ4n) is 9.67. The third-order valence-corrected chi connectivity index (χ3v) is 12.8. The number of anilines is 3. The molecule has 7 aromatic carbocycles. The van der Waals surface area contributed by atoms with Gasteiger partial charge in [0, 0.05) is 39.2 Å². The number of hydrogen-bond acceptors (Lipinski definition) is 3. The molecule has 1 aromatic heterocycles. The minimum absolute atomic E-state index is 0.0766. The van der Waals surface area contributed by atoms with Gasteiger partial charge in [0.1, 0.15) is 0 Å². The molecule has 0 atom stereocenters. The lowest BCUT2D eigenvalue weighted by molar-refractivity contribution is 0.754. The lowest BCUT2D eigenvalue weighted by Gasteiger charge is -2.50. The number of benzene rings is 7. The van der Waals surface area contributed by atoms with E-state index in [1.807, 2.05) is 24.2 Å². The van der Waals surface area contributed by atoms with Gasteiger partial charge in [0.05, 0.1) is 5.41 Å². The van der Waals surface area contributed by atoms with Crippen molar-refractivity contribution in [1.29, 1.82) is 0 Å². The normalized spacial score (nSPS) is 14.0. The van der Waals surface area contributed by atoms with Crippen LogP contribution in [0.1, 0.15) is 22.3 Å². The van der Waals surface area contributed by atoms with Crippen LogP contribution in [-0.2, 0) is 5.41 Å². The van der Waals surface area contributed by atoms with Crippen LogP contribution in [0.15, 0.2) is 204 Å². The molecule has 1 spiro atoms. The van der Waals surface area contributed by atoms with Crippen LogP contribution in [0.5, 0.6) is 0 Å². The zero-order chi connectivity index (χ0) is 34.9. The molecule has 8 aromatic rings. The Labute approximate surface area is 315 Å². The van der Waals surface area contributed by atoms with Crippen LogP contribution in [0.3, 0.4) is 0 Å². The van der Waals surface area contributed by atoms with E-state index in [4.69, 9.17) is 0 Å². The number of para-hydroxylation sites is 1. The van der Waals surface area contributed by atoms with Crippen LogP contribution in [0, 0.1) is 0 Å². The van der Waals surface area contributed by atoms with Crippen LogP contribution in [0.2, 0.25) is 0 Å². The Morgan fingerprint density at radius 3 is 1.55 bits per heavy atom. The van der Waals surface area contributed by atoms with Crippen molar-refractivity contribution >= 4 is 75.0 Å². The second kappa shape index (κ2) is 12.0. The van der Waals surface area contributed by atoms with E-state index < -0.39 is 5.41 Å².